The first-order valence-electron chi connectivity index (χ1n) is 5.41. The zero-order valence-electron chi connectivity index (χ0n) is 9.77. The molecular weight excluding hydrogens is 224 g/mol. The van der Waals surface area contributed by atoms with Crippen molar-refractivity contribution in [3.8, 4) is 0 Å². The van der Waals surface area contributed by atoms with Crippen LogP contribution in [0.1, 0.15) is 29.9 Å². The number of rotatable bonds is 3. The van der Waals surface area contributed by atoms with Gasteiger partial charge in [0, 0.05) is 20.6 Å². The number of Topliss-reactive ketones (excluding diaryl/α,β-unsaturated/α-hetero) is 1. The van der Waals surface area contributed by atoms with Crippen molar-refractivity contribution in [1.29, 1.82) is 0 Å². The summed E-state index contributed by atoms with van der Waals surface area (Å²) >= 11 is 1.45. The highest BCUT2D eigenvalue weighted by Gasteiger charge is 2.29. The molecule has 1 aromatic rings. The monoisotopic (exact) mass is 240 g/mol. The molecule has 2 rings (SSSR count). The maximum atomic E-state index is 11.2. The molecule has 0 saturated carbocycles. The van der Waals surface area contributed by atoms with Gasteiger partial charge in [0.05, 0.1) is 23.2 Å². The fourth-order valence-electron chi connectivity index (χ4n) is 1.96. The highest BCUT2D eigenvalue weighted by atomic mass is 32.1. The molecule has 1 aromatic heterocycles. The van der Waals surface area contributed by atoms with Crippen LogP contribution in [0.2, 0.25) is 0 Å². The minimum Gasteiger partial charge on any atom is -0.376 e. The van der Waals surface area contributed by atoms with E-state index in [1.165, 1.54) is 11.3 Å². The third-order valence-corrected chi connectivity index (χ3v) is 4.16. The Balaban J connectivity index is 2.13. The number of hydrogen-bond acceptors (Lipinski definition) is 5. The van der Waals surface area contributed by atoms with Gasteiger partial charge in [-0.05, 0) is 13.3 Å². The molecule has 88 valence electrons. The lowest BCUT2D eigenvalue weighted by molar-refractivity contribution is 0.102. The fourth-order valence-corrected chi connectivity index (χ4v) is 2.79. The van der Waals surface area contributed by atoms with Gasteiger partial charge in [0.25, 0.3) is 0 Å². The lowest BCUT2D eigenvalue weighted by Gasteiger charge is -2.25. The van der Waals surface area contributed by atoms with Crippen LogP contribution in [0.25, 0.3) is 0 Å². The van der Waals surface area contributed by atoms with Gasteiger partial charge in [-0.1, -0.05) is 11.3 Å². The van der Waals surface area contributed by atoms with Crippen molar-refractivity contribution in [2.24, 2.45) is 0 Å². The summed E-state index contributed by atoms with van der Waals surface area (Å²) in [7, 11) is 2.01. The first-order chi connectivity index (χ1) is 7.59. The predicted molar refractivity (Wildman–Crippen MR) is 64.3 cm³/mol. The number of anilines is 1. The summed E-state index contributed by atoms with van der Waals surface area (Å²) in [5.41, 5.74) is 0. The van der Waals surface area contributed by atoms with E-state index >= 15 is 0 Å². The Bertz CT molecular complexity index is 391. The molecule has 0 aliphatic carbocycles. The Morgan fingerprint density at radius 3 is 2.94 bits per heavy atom. The van der Waals surface area contributed by atoms with Crippen LogP contribution in [0, 0.1) is 0 Å². The minimum atomic E-state index is 0.0767. The van der Waals surface area contributed by atoms with Crippen LogP contribution < -0.4 is 4.90 Å². The number of aromatic nitrogens is 1. The molecule has 0 bridgehead atoms. The normalized spacial score (nSPS) is 24.7. The lowest BCUT2D eigenvalue weighted by atomic mass is 10.1. The number of ether oxygens (including phenoxy) is 1. The smallest absolute Gasteiger partial charge is 0.186 e. The minimum absolute atomic E-state index is 0.0767. The van der Waals surface area contributed by atoms with Gasteiger partial charge in [0.1, 0.15) is 0 Å². The number of nitrogens with zero attached hydrogens (tertiary/aromatic N) is 2. The van der Waals surface area contributed by atoms with E-state index in [4.69, 9.17) is 4.74 Å². The second-order valence-corrected chi connectivity index (χ2v) is 5.12. The molecule has 1 saturated heterocycles. The van der Waals surface area contributed by atoms with Crippen LogP contribution in [0.4, 0.5) is 5.13 Å². The number of carbonyl (C=O) groups excluding carboxylic acids is 1. The molecule has 1 fully saturated rings. The van der Waals surface area contributed by atoms with Gasteiger partial charge < -0.3 is 9.64 Å². The maximum Gasteiger partial charge on any atom is 0.186 e. The molecular formula is C11H16N2O2S. The van der Waals surface area contributed by atoms with Crippen molar-refractivity contribution in [3.05, 3.63) is 11.1 Å². The first kappa shape index (κ1) is 11.5. The summed E-state index contributed by atoms with van der Waals surface area (Å²) in [5.74, 6) is 0.0767. The third-order valence-electron chi connectivity index (χ3n) is 2.98. The van der Waals surface area contributed by atoms with Crippen molar-refractivity contribution in [2.45, 2.75) is 32.4 Å². The van der Waals surface area contributed by atoms with E-state index in [-0.39, 0.29) is 11.9 Å². The number of carbonyl (C=O) groups is 1. The molecule has 2 unspecified atom stereocenters. The SMILES string of the molecule is CC(=O)c1cnc(N(C)C2CCOC2C)s1. The van der Waals surface area contributed by atoms with Crippen LogP contribution in [-0.2, 0) is 4.74 Å². The quantitative estimate of drug-likeness (QED) is 0.757. The van der Waals surface area contributed by atoms with E-state index in [2.05, 4.69) is 16.8 Å². The van der Waals surface area contributed by atoms with Crippen molar-refractivity contribution in [1.82, 2.24) is 4.98 Å². The van der Waals surface area contributed by atoms with Crippen LogP contribution in [0.15, 0.2) is 6.20 Å². The van der Waals surface area contributed by atoms with Gasteiger partial charge in [-0.15, -0.1) is 0 Å². The van der Waals surface area contributed by atoms with Gasteiger partial charge in [-0.3, -0.25) is 4.79 Å². The largest absolute Gasteiger partial charge is 0.376 e. The van der Waals surface area contributed by atoms with Gasteiger partial charge >= 0.3 is 0 Å². The van der Waals surface area contributed by atoms with Gasteiger partial charge in [0.2, 0.25) is 0 Å². The van der Waals surface area contributed by atoms with Crippen LogP contribution in [0.3, 0.4) is 0 Å². The van der Waals surface area contributed by atoms with Gasteiger partial charge in [-0.25, -0.2) is 4.98 Å². The van der Waals surface area contributed by atoms with Crippen molar-refractivity contribution in [3.63, 3.8) is 0 Å². The molecule has 0 N–H and O–H groups in total. The van der Waals surface area contributed by atoms with Crippen LogP contribution >= 0.6 is 11.3 Å². The number of hydrogen-bond donors (Lipinski definition) is 0. The summed E-state index contributed by atoms with van der Waals surface area (Å²) in [4.78, 5) is 18.3. The van der Waals surface area contributed by atoms with Crippen molar-refractivity contribution in [2.75, 3.05) is 18.6 Å². The molecule has 2 atom stereocenters. The summed E-state index contributed by atoms with van der Waals surface area (Å²) in [5, 5.41) is 0.896. The van der Waals surface area contributed by atoms with Crippen molar-refractivity contribution >= 4 is 22.3 Å². The van der Waals surface area contributed by atoms with E-state index in [9.17, 15) is 4.79 Å². The molecule has 0 aromatic carbocycles. The molecule has 4 nitrogen and oxygen atoms in total. The maximum absolute atomic E-state index is 11.2. The van der Waals surface area contributed by atoms with E-state index in [0.717, 1.165) is 18.2 Å². The summed E-state index contributed by atoms with van der Waals surface area (Å²) in [6.07, 6.45) is 2.90. The number of thiazole rings is 1. The number of likely N-dealkylation sites (N-methyl/N-ethyl adjacent to an activating group) is 1. The molecule has 16 heavy (non-hydrogen) atoms. The highest BCUT2D eigenvalue weighted by molar-refractivity contribution is 7.17. The van der Waals surface area contributed by atoms with Gasteiger partial charge in [-0.2, -0.15) is 0 Å². The zero-order valence-corrected chi connectivity index (χ0v) is 10.6. The zero-order chi connectivity index (χ0) is 11.7. The Morgan fingerprint density at radius 2 is 2.44 bits per heavy atom. The molecule has 1 aliphatic rings. The number of ketones is 1. The van der Waals surface area contributed by atoms with Crippen molar-refractivity contribution < 1.29 is 9.53 Å². The Labute approximate surface area is 99.2 Å². The first-order valence-corrected chi connectivity index (χ1v) is 6.22. The Morgan fingerprint density at radius 1 is 1.69 bits per heavy atom. The fraction of sp³-hybridized carbons (Fsp3) is 0.636. The topological polar surface area (TPSA) is 42.4 Å². The molecule has 0 amide bonds. The highest BCUT2D eigenvalue weighted by Crippen LogP contribution is 2.28. The van der Waals surface area contributed by atoms with E-state index in [1.807, 2.05) is 7.05 Å². The summed E-state index contributed by atoms with van der Waals surface area (Å²) in [6, 6.07) is 0.367. The average Bonchev–Trinajstić information content (AvgIpc) is 2.84. The van der Waals surface area contributed by atoms with E-state index in [1.54, 1.807) is 13.1 Å². The second-order valence-electron chi connectivity index (χ2n) is 4.11. The van der Waals surface area contributed by atoms with Crippen LogP contribution in [0.5, 0.6) is 0 Å². The Kier molecular flexibility index (Phi) is 3.25. The Hall–Kier alpha value is -0.940. The molecule has 1 aliphatic heterocycles. The van der Waals surface area contributed by atoms with E-state index in [0.29, 0.717) is 10.9 Å². The summed E-state index contributed by atoms with van der Waals surface area (Å²) < 4.78 is 5.53. The predicted octanol–water partition coefficient (Wildman–Crippen LogP) is 1.96. The molecule has 5 heteroatoms. The van der Waals surface area contributed by atoms with Crippen LogP contribution in [-0.4, -0.2) is 36.6 Å². The third kappa shape index (κ3) is 2.10. The standard InChI is InChI=1S/C11H16N2O2S/c1-7(14)10-6-12-11(16-10)13(3)9-4-5-15-8(9)2/h6,8-9H,4-5H2,1-3H3. The molecule has 0 spiro atoms. The average molecular weight is 240 g/mol. The molecule has 0 radical (unpaired) electrons. The second kappa shape index (κ2) is 4.51. The summed E-state index contributed by atoms with van der Waals surface area (Å²) in [6.45, 7) is 4.45. The van der Waals surface area contributed by atoms with Gasteiger partial charge in [0.15, 0.2) is 10.9 Å². The lowest BCUT2D eigenvalue weighted by Crippen LogP contribution is -2.36. The van der Waals surface area contributed by atoms with E-state index < -0.39 is 0 Å². The molecule has 2 heterocycles.